The number of nitrogens with zero attached hydrogens (tertiary/aromatic N) is 1. The van der Waals surface area contributed by atoms with Gasteiger partial charge in [-0.25, -0.2) is 9.37 Å². The lowest BCUT2D eigenvalue weighted by atomic mass is 10.1. The molecule has 7 heteroatoms. The van der Waals surface area contributed by atoms with Crippen LogP contribution in [0.2, 0.25) is 5.02 Å². The first-order chi connectivity index (χ1) is 8.21. The molecule has 0 aliphatic carbocycles. The van der Waals surface area contributed by atoms with Crippen LogP contribution in [0.15, 0.2) is 12.1 Å². The van der Waals surface area contributed by atoms with E-state index in [9.17, 15) is 17.6 Å². The Morgan fingerprint density at radius 2 is 1.89 bits per heavy atom. The number of anilines is 1. The van der Waals surface area contributed by atoms with Gasteiger partial charge in [0, 0.05) is 22.7 Å². The van der Waals surface area contributed by atoms with E-state index in [-0.39, 0.29) is 27.2 Å². The lowest BCUT2D eigenvalue weighted by Gasteiger charge is -2.14. The molecule has 2 N–H and O–H groups in total. The third kappa shape index (κ3) is 1.96. The van der Waals surface area contributed by atoms with E-state index in [4.69, 9.17) is 17.3 Å². The molecule has 0 aliphatic heterocycles. The average molecular weight is 279 g/mol. The van der Waals surface area contributed by atoms with Gasteiger partial charge in [-0.2, -0.15) is 13.2 Å². The normalized spacial score (nSPS) is 12.1. The number of nitrogen functional groups attached to an aromatic ring is 1. The first kappa shape index (κ1) is 12.9. The van der Waals surface area contributed by atoms with Crippen molar-refractivity contribution in [3.63, 3.8) is 0 Å². The standard InChI is InChI=1S/C11H7ClF4N2/c1-4-9(17)8-6(12)2-5(13)3-7(8)18-10(4)11(14,15)16/h2-3H,1H3,(H2,17,18). The van der Waals surface area contributed by atoms with Crippen LogP contribution >= 0.6 is 11.6 Å². The van der Waals surface area contributed by atoms with E-state index in [0.29, 0.717) is 0 Å². The zero-order chi connectivity index (χ0) is 13.7. The van der Waals surface area contributed by atoms with Crippen molar-refractivity contribution >= 4 is 28.2 Å². The van der Waals surface area contributed by atoms with Crippen LogP contribution in [-0.4, -0.2) is 4.98 Å². The van der Waals surface area contributed by atoms with Gasteiger partial charge in [0.25, 0.3) is 0 Å². The number of halogens is 5. The van der Waals surface area contributed by atoms with E-state index in [1.165, 1.54) is 6.92 Å². The van der Waals surface area contributed by atoms with Crippen molar-refractivity contribution in [1.82, 2.24) is 4.98 Å². The zero-order valence-electron chi connectivity index (χ0n) is 9.07. The van der Waals surface area contributed by atoms with Gasteiger partial charge in [0.05, 0.1) is 10.5 Å². The number of fused-ring (bicyclic) bond motifs is 1. The fraction of sp³-hybridized carbons (Fsp3) is 0.182. The summed E-state index contributed by atoms with van der Waals surface area (Å²) < 4.78 is 51.3. The van der Waals surface area contributed by atoms with Crippen molar-refractivity contribution in [2.24, 2.45) is 0 Å². The van der Waals surface area contributed by atoms with Crippen LogP contribution in [0.1, 0.15) is 11.3 Å². The van der Waals surface area contributed by atoms with Gasteiger partial charge in [-0.3, -0.25) is 0 Å². The monoisotopic (exact) mass is 278 g/mol. The van der Waals surface area contributed by atoms with Gasteiger partial charge >= 0.3 is 6.18 Å². The number of pyridine rings is 1. The minimum atomic E-state index is -4.65. The molecule has 96 valence electrons. The average Bonchev–Trinajstić information content (AvgIpc) is 2.20. The molecule has 0 amide bonds. The molecule has 0 atom stereocenters. The van der Waals surface area contributed by atoms with E-state index in [1.54, 1.807) is 0 Å². The molecule has 0 spiro atoms. The highest BCUT2D eigenvalue weighted by Crippen LogP contribution is 2.38. The summed E-state index contributed by atoms with van der Waals surface area (Å²) in [5.74, 6) is -0.767. The van der Waals surface area contributed by atoms with Gasteiger partial charge in [0.15, 0.2) is 0 Å². The summed E-state index contributed by atoms with van der Waals surface area (Å²) in [5.41, 5.74) is 3.92. The highest BCUT2D eigenvalue weighted by molar-refractivity contribution is 6.36. The van der Waals surface area contributed by atoms with E-state index < -0.39 is 17.7 Å². The Bertz CT molecular complexity index is 637. The first-order valence-corrected chi connectivity index (χ1v) is 5.21. The van der Waals surface area contributed by atoms with Crippen LogP contribution in [-0.2, 0) is 6.18 Å². The van der Waals surface area contributed by atoms with Crippen molar-refractivity contribution in [3.05, 3.63) is 34.2 Å². The summed E-state index contributed by atoms with van der Waals surface area (Å²) in [4.78, 5) is 3.40. The molecule has 1 heterocycles. The molecule has 0 fully saturated rings. The lowest BCUT2D eigenvalue weighted by Crippen LogP contribution is -2.12. The Labute approximate surface area is 104 Å². The Morgan fingerprint density at radius 3 is 2.44 bits per heavy atom. The molecule has 2 nitrogen and oxygen atoms in total. The molecule has 2 aromatic rings. The third-order valence-corrected chi connectivity index (χ3v) is 2.86. The van der Waals surface area contributed by atoms with Crippen molar-refractivity contribution < 1.29 is 17.6 Å². The van der Waals surface area contributed by atoms with Crippen LogP contribution in [0.5, 0.6) is 0 Å². The van der Waals surface area contributed by atoms with E-state index in [2.05, 4.69) is 4.98 Å². The highest BCUT2D eigenvalue weighted by atomic mass is 35.5. The molecule has 1 aromatic heterocycles. The van der Waals surface area contributed by atoms with Gasteiger partial charge < -0.3 is 5.73 Å². The second-order valence-electron chi connectivity index (χ2n) is 3.78. The number of aromatic nitrogens is 1. The van der Waals surface area contributed by atoms with Gasteiger partial charge in [0.1, 0.15) is 11.5 Å². The predicted octanol–water partition coefficient (Wildman–Crippen LogP) is 3.94. The molecule has 0 saturated heterocycles. The van der Waals surface area contributed by atoms with E-state index in [0.717, 1.165) is 12.1 Å². The second-order valence-corrected chi connectivity index (χ2v) is 4.19. The highest BCUT2D eigenvalue weighted by Gasteiger charge is 2.36. The summed E-state index contributed by atoms with van der Waals surface area (Å²) in [7, 11) is 0. The molecule has 18 heavy (non-hydrogen) atoms. The zero-order valence-corrected chi connectivity index (χ0v) is 9.83. The maximum Gasteiger partial charge on any atom is 0.433 e. The SMILES string of the molecule is Cc1c(C(F)(F)F)nc2cc(F)cc(Cl)c2c1N. The minimum Gasteiger partial charge on any atom is -0.398 e. The van der Waals surface area contributed by atoms with Crippen LogP contribution in [0.4, 0.5) is 23.2 Å². The van der Waals surface area contributed by atoms with Crippen molar-refractivity contribution in [3.8, 4) is 0 Å². The minimum absolute atomic E-state index is 0.0631. The summed E-state index contributed by atoms with van der Waals surface area (Å²) in [6.45, 7) is 1.20. The van der Waals surface area contributed by atoms with Crippen molar-refractivity contribution in [2.75, 3.05) is 5.73 Å². The maximum atomic E-state index is 13.1. The first-order valence-electron chi connectivity index (χ1n) is 4.84. The molecule has 2 rings (SSSR count). The van der Waals surface area contributed by atoms with Crippen LogP contribution in [0, 0.1) is 12.7 Å². The third-order valence-electron chi connectivity index (χ3n) is 2.56. The van der Waals surface area contributed by atoms with Gasteiger partial charge in [0.2, 0.25) is 0 Å². The largest absolute Gasteiger partial charge is 0.433 e. The number of rotatable bonds is 0. The fourth-order valence-corrected chi connectivity index (χ4v) is 2.01. The number of hydrogen-bond acceptors (Lipinski definition) is 2. The molecule has 1 aromatic carbocycles. The fourth-order valence-electron chi connectivity index (χ4n) is 1.71. The van der Waals surface area contributed by atoms with Crippen LogP contribution < -0.4 is 5.73 Å². The number of nitrogens with two attached hydrogens (primary N) is 1. The summed E-state index contributed by atoms with van der Waals surface area (Å²) in [6.07, 6.45) is -4.65. The second kappa shape index (κ2) is 3.98. The Morgan fingerprint density at radius 1 is 1.28 bits per heavy atom. The smallest absolute Gasteiger partial charge is 0.398 e. The van der Waals surface area contributed by atoms with Crippen LogP contribution in [0.25, 0.3) is 10.9 Å². The maximum absolute atomic E-state index is 13.1. The van der Waals surface area contributed by atoms with E-state index >= 15 is 0 Å². The van der Waals surface area contributed by atoms with E-state index in [1.807, 2.05) is 0 Å². The Kier molecular flexibility index (Phi) is 2.85. The van der Waals surface area contributed by atoms with Crippen molar-refractivity contribution in [2.45, 2.75) is 13.1 Å². The molecule has 0 aliphatic rings. The van der Waals surface area contributed by atoms with Crippen molar-refractivity contribution in [1.29, 1.82) is 0 Å². The molecular weight excluding hydrogens is 272 g/mol. The summed E-state index contributed by atoms with van der Waals surface area (Å²) in [6, 6.07) is 1.85. The number of alkyl halides is 3. The Balaban J connectivity index is 2.93. The molecule has 0 radical (unpaired) electrons. The lowest BCUT2D eigenvalue weighted by molar-refractivity contribution is -0.141. The molecule has 0 saturated carbocycles. The van der Waals surface area contributed by atoms with Gasteiger partial charge in [-0.05, 0) is 13.0 Å². The quantitative estimate of drug-likeness (QED) is 0.742. The molecule has 0 bridgehead atoms. The van der Waals surface area contributed by atoms with Crippen LogP contribution in [0.3, 0.4) is 0 Å². The topological polar surface area (TPSA) is 38.9 Å². The Hall–Kier alpha value is -1.56. The van der Waals surface area contributed by atoms with Gasteiger partial charge in [-0.15, -0.1) is 0 Å². The number of hydrogen-bond donors (Lipinski definition) is 1. The van der Waals surface area contributed by atoms with Gasteiger partial charge in [-0.1, -0.05) is 11.6 Å². The summed E-state index contributed by atoms with van der Waals surface area (Å²) >= 11 is 5.76. The predicted molar refractivity (Wildman–Crippen MR) is 60.9 cm³/mol. The molecular formula is C11H7ClF4N2. The summed E-state index contributed by atoms with van der Waals surface area (Å²) in [5, 5.41) is 0.0652. The molecule has 0 unspecified atom stereocenters. The number of benzene rings is 1.